The summed E-state index contributed by atoms with van der Waals surface area (Å²) in [6, 6.07) is 11.3. The van der Waals surface area contributed by atoms with E-state index < -0.39 is 0 Å². The van der Waals surface area contributed by atoms with Crippen molar-refractivity contribution >= 4 is 23.5 Å². The van der Waals surface area contributed by atoms with Crippen molar-refractivity contribution in [3.8, 4) is 6.07 Å². The standard InChI is InChI=1S/C36H34N4O/c1-38-34(24-37)31-22-32(12-10-25-18-27-6-2-14-39-15-3-7-28(19-25)35(27)39)41-33(23-31)13-11-26-20-29-8-4-16-40-17-5-9-30(21-26)36(29)40/h10-13,18-23H,2-9,14-17H2. The summed E-state index contributed by atoms with van der Waals surface area (Å²) in [6.07, 6.45) is 21.1. The summed E-state index contributed by atoms with van der Waals surface area (Å²) in [5.41, 5.74) is 11.7. The quantitative estimate of drug-likeness (QED) is 0.303. The molecule has 41 heavy (non-hydrogen) atoms. The zero-order valence-corrected chi connectivity index (χ0v) is 23.5. The van der Waals surface area contributed by atoms with Crippen LogP contribution in [0.15, 0.2) is 71.4 Å². The normalized spacial score (nSPS) is 19.1. The molecule has 0 amide bonds. The fraction of sp³-hybridized carbons (Fsp3) is 0.333. The average molecular weight is 539 g/mol. The van der Waals surface area contributed by atoms with Crippen molar-refractivity contribution in [2.75, 3.05) is 36.0 Å². The third-order valence-corrected chi connectivity index (χ3v) is 8.91. The highest BCUT2D eigenvalue weighted by Gasteiger charge is 2.25. The number of benzene rings is 2. The van der Waals surface area contributed by atoms with Crippen molar-refractivity contribution in [2.45, 2.75) is 51.4 Å². The van der Waals surface area contributed by atoms with Gasteiger partial charge in [-0.25, -0.2) is 10.1 Å². The summed E-state index contributed by atoms with van der Waals surface area (Å²) >= 11 is 0. The lowest BCUT2D eigenvalue weighted by Crippen LogP contribution is -2.34. The van der Waals surface area contributed by atoms with Crippen molar-refractivity contribution in [1.29, 1.82) is 5.26 Å². The number of anilines is 2. The van der Waals surface area contributed by atoms with Gasteiger partial charge < -0.3 is 14.5 Å². The van der Waals surface area contributed by atoms with Crippen LogP contribution in [0.25, 0.3) is 17.0 Å². The molecule has 0 saturated heterocycles. The van der Waals surface area contributed by atoms with Gasteiger partial charge in [-0.05, 0) is 139 Å². The van der Waals surface area contributed by atoms with Gasteiger partial charge in [0.25, 0.3) is 5.70 Å². The molecular weight excluding hydrogens is 504 g/mol. The minimum absolute atomic E-state index is 0.0710. The third-order valence-electron chi connectivity index (χ3n) is 8.91. The Bertz CT molecular complexity index is 1470. The van der Waals surface area contributed by atoms with Gasteiger partial charge in [-0.15, -0.1) is 0 Å². The molecule has 0 N–H and O–H groups in total. The van der Waals surface area contributed by atoms with Crippen LogP contribution in [0.3, 0.4) is 0 Å². The Morgan fingerprint density at radius 1 is 0.707 bits per heavy atom. The molecule has 5 heteroatoms. The predicted molar refractivity (Wildman–Crippen MR) is 165 cm³/mol. The Morgan fingerprint density at radius 3 is 1.49 bits per heavy atom. The summed E-state index contributed by atoms with van der Waals surface area (Å²) in [4.78, 5) is 8.58. The van der Waals surface area contributed by atoms with Gasteiger partial charge in [0.15, 0.2) is 0 Å². The van der Waals surface area contributed by atoms with Crippen LogP contribution in [0.1, 0.15) is 59.1 Å². The first-order valence-electron chi connectivity index (χ1n) is 15.0. The fourth-order valence-electron chi connectivity index (χ4n) is 7.21. The first-order chi connectivity index (χ1) is 20.2. The molecule has 0 aliphatic carbocycles. The summed E-state index contributed by atoms with van der Waals surface area (Å²) in [7, 11) is 0. The van der Waals surface area contributed by atoms with E-state index in [2.05, 4.69) is 57.1 Å². The van der Waals surface area contributed by atoms with Gasteiger partial charge in [0.1, 0.15) is 11.5 Å². The summed E-state index contributed by atoms with van der Waals surface area (Å²) in [6.45, 7) is 12.2. The van der Waals surface area contributed by atoms with E-state index in [4.69, 9.17) is 11.3 Å². The first-order valence-corrected chi connectivity index (χ1v) is 15.0. The van der Waals surface area contributed by atoms with Crippen molar-refractivity contribution in [3.63, 3.8) is 0 Å². The van der Waals surface area contributed by atoms with E-state index in [1.54, 1.807) is 12.2 Å². The highest BCUT2D eigenvalue weighted by molar-refractivity contribution is 5.70. The maximum Gasteiger partial charge on any atom is 0.269 e. The smallest absolute Gasteiger partial charge is 0.269 e. The number of rotatable bonds is 4. The number of nitrogens with zero attached hydrogens (tertiary/aromatic N) is 4. The Hall–Kier alpha value is -4.48. The molecule has 5 aliphatic rings. The van der Waals surface area contributed by atoms with Gasteiger partial charge >= 0.3 is 0 Å². The molecule has 5 heterocycles. The molecule has 7 rings (SSSR count). The third kappa shape index (κ3) is 4.98. The zero-order chi connectivity index (χ0) is 27.8. The van der Waals surface area contributed by atoms with Crippen LogP contribution in [0.5, 0.6) is 0 Å². The van der Waals surface area contributed by atoms with Crippen molar-refractivity contribution in [3.05, 3.63) is 116 Å². The number of ether oxygens (including phenoxy) is 1. The summed E-state index contributed by atoms with van der Waals surface area (Å²) in [5, 5.41) is 9.60. The van der Waals surface area contributed by atoms with E-state index in [0.717, 1.165) is 25.7 Å². The lowest BCUT2D eigenvalue weighted by atomic mass is 9.90. The molecule has 0 atom stereocenters. The second kappa shape index (κ2) is 10.8. The van der Waals surface area contributed by atoms with E-state index in [1.807, 2.05) is 12.2 Å². The van der Waals surface area contributed by atoms with Crippen LogP contribution < -0.4 is 9.80 Å². The Morgan fingerprint density at radius 2 is 1.12 bits per heavy atom. The van der Waals surface area contributed by atoms with Crippen LogP contribution in [-0.4, -0.2) is 26.2 Å². The van der Waals surface area contributed by atoms with Crippen LogP contribution in [0, 0.1) is 17.9 Å². The van der Waals surface area contributed by atoms with Crippen molar-refractivity contribution < 1.29 is 4.74 Å². The minimum Gasteiger partial charge on any atom is -0.457 e. The molecule has 2 aromatic rings. The highest BCUT2D eigenvalue weighted by atomic mass is 16.5. The molecule has 204 valence electrons. The molecule has 0 fully saturated rings. The Kier molecular flexibility index (Phi) is 6.73. The van der Waals surface area contributed by atoms with E-state index in [9.17, 15) is 5.26 Å². The topological polar surface area (TPSA) is 43.9 Å². The van der Waals surface area contributed by atoms with Crippen LogP contribution >= 0.6 is 0 Å². The lowest BCUT2D eigenvalue weighted by molar-refractivity contribution is 0.332. The first kappa shape index (κ1) is 25.5. The molecule has 0 unspecified atom stereocenters. The van der Waals surface area contributed by atoms with Crippen molar-refractivity contribution in [2.24, 2.45) is 0 Å². The highest BCUT2D eigenvalue weighted by Crippen LogP contribution is 2.38. The lowest BCUT2D eigenvalue weighted by Gasteiger charge is -2.37. The molecule has 5 aliphatic heterocycles. The second-order valence-electron chi connectivity index (χ2n) is 11.7. The van der Waals surface area contributed by atoms with E-state index in [-0.39, 0.29) is 5.70 Å². The molecule has 2 aromatic carbocycles. The van der Waals surface area contributed by atoms with E-state index in [1.165, 1.54) is 96.6 Å². The molecule has 0 spiro atoms. The maximum absolute atomic E-state index is 9.60. The second-order valence-corrected chi connectivity index (χ2v) is 11.7. The maximum atomic E-state index is 9.60. The average Bonchev–Trinajstić information content (AvgIpc) is 3.00. The Balaban J connectivity index is 1.17. The minimum atomic E-state index is 0.0710. The largest absolute Gasteiger partial charge is 0.457 e. The zero-order valence-electron chi connectivity index (χ0n) is 23.5. The van der Waals surface area contributed by atoms with Crippen LogP contribution in [-0.2, 0) is 30.4 Å². The summed E-state index contributed by atoms with van der Waals surface area (Å²) < 4.78 is 6.28. The van der Waals surface area contributed by atoms with E-state index in [0.29, 0.717) is 17.1 Å². The van der Waals surface area contributed by atoms with Gasteiger partial charge in [0.2, 0.25) is 0 Å². The van der Waals surface area contributed by atoms with Crippen LogP contribution in [0.4, 0.5) is 11.4 Å². The number of hydrogen-bond donors (Lipinski definition) is 0. The molecule has 0 bridgehead atoms. The van der Waals surface area contributed by atoms with Gasteiger partial charge in [0.05, 0.1) is 12.6 Å². The monoisotopic (exact) mass is 538 g/mol. The number of nitriles is 1. The molecule has 0 aromatic heterocycles. The summed E-state index contributed by atoms with van der Waals surface area (Å²) in [5.74, 6) is 1.26. The van der Waals surface area contributed by atoms with Gasteiger partial charge in [-0.3, -0.25) is 0 Å². The number of allylic oxidation sites excluding steroid dienone is 6. The molecule has 0 saturated carbocycles. The molecular formula is C36H34N4O. The van der Waals surface area contributed by atoms with Gasteiger partial charge in [-0.2, -0.15) is 0 Å². The van der Waals surface area contributed by atoms with Crippen LogP contribution in [0.2, 0.25) is 0 Å². The fourth-order valence-corrected chi connectivity index (χ4v) is 7.21. The number of hydrogen-bond acceptors (Lipinski definition) is 4. The SMILES string of the molecule is [C-]#[N+]C(C#N)=C1C=C(C=Cc2cc3c4c(c2)CCCN4CCC3)OC(C=Cc2cc3c4c(c2)CCCN4CCC3)=C1. The molecule has 5 nitrogen and oxygen atoms in total. The Labute approximate surface area is 242 Å². The molecule has 0 radical (unpaired) electrons. The van der Waals surface area contributed by atoms with Crippen molar-refractivity contribution in [1.82, 2.24) is 0 Å². The van der Waals surface area contributed by atoms with E-state index >= 15 is 0 Å². The van der Waals surface area contributed by atoms with Gasteiger partial charge in [0, 0.05) is 37.6 Å². The number of aryl methyl sites for hydroxylation is 4. The van der Waals surface area contributed by atoms with Gasteiger partial charge in [-0.1, -0.05) is 12.2 Å². The predicted octanol–water partition coefficient (Wildman–Crippen LogP) is 7.31.